The highest BCUT2D eigenvalue weighted by molar-refractivity contribution is 5.92. The van der Waals surface area contributed by atoms with Crippen molar-refractivity contribution in [1.82, 2.24) is 19.9 Å². The second-order valence-corrected chi connectivity index (χ2v) is 10.5. The Morgan fingerprint density at radius 2 is 1.71 bits per heavy atom. The van der Waals surface area contributed by atoms with Crippen LogP contribution < -0.4 is 15.8 Å². The third-order valence-corrected chi connectivity index (χ3v) is 6.73. The van der Waals surface area contributed by atoms with Crippen LogP contribution in [-0.4, -0.2) is 39.3 Å². The van der Waals surface area contributed by atoms with Crippen LogP contribution >= 0.6 is 0 Å². The number of carbonyl (C=O) groups excluding carboxylic acids is 2. The molecule has 0 aliphatic heterocycles. The van der Waals surface area contributed by atoms with E-state index in [9.17, 15) is 9.59 Å². The first-order valence-corrected chi connectivity index (χ1v) is 12.6. The third-order valence-electron chi connectivity index (χ3n) is 6.73. The Morgan fingerprint density at radius 1 is 1.03 bits per heavy atom. The molecule has 196 valence electrons. The molecule has 38 heavy (non-hydrogen) atoms. The first kappa shape index (κ1) is 25.3. The number of hydrogen-bond donors (Lipinski definition) is 2. The second-order valence-electron chi connectivity index (χ2n) is 10.5. The van der Waals surface area contributed by atoms with Gasteiger partial charge in [-0.15, -0.1) is 0 Å². The molecule has 1 aliphatic rings. The molecule has 2 heterocycles. The van der Waals surface area contributed by atoms with Crippen molar-refractivity contribution in [1.29, 1.82) is 0 Å². The lowest BCUT2D eigenvalue weighted by Gasteiger charge is -2.43. The van der Waals surface area contributed by atoms with Crippen LogP contribution in [0.4, 0.5) is 4.79 Å². The average molecular weight is 514 g/mol. The number of ether oxygens (including phenoxy) is 2. The van der Waals surface area contributed by atoms with Gasteiger partial charge in [0.2, 0.25) is 0 Å². The van der Waals surface area contributed by atoms with Crippen LogP contribution in [0.3, 0.4) is 0 Å². The van der Waals surface area contributed by atoms with E-state index in [1.807, 2.05) is 75.4 Å². The predicted octanol–water partition coefficient (Wildman–Crippen LogP) is 5.07. The number of alkyl carbamates (subject to hydrolysis) is 1. The van der Waals surface area contributed by atoms with Gasteiger partial charge in [0.25, 0.3) is 5.91 Å². The van der Waals surface area contributed by atoms with Gasteiger partial charge in [0.1, 0.15) is 11.3 Å². The van der Waals surface area contributed by atoms with E-state index >= 15 is 0 Å². The molecule has 9 heteroatoms. The molecule has 0 radical (unpaired) electrons. The molecule has 0 atom stereocenters. The number of nitrogens with two attached hydrogens (primary N) is 1. The molecule has 2 aromatic heterocycles. The Bertz CT molecular complexity index is 1500. The largest absolute Gasteiger partial charge is 0.493 e. The Hall–Kier alpha value is -4.40. The fourth-order valence-electron chi connectivity index (χ4n) is 4.78. The summed E-state index contributed by atoms with van der Waals surface area (Å²) < 4.78 is 12.7. The summed E-state index contributed by atoms with van der Waals surface area (Å²) in [5.41, 5.74) is 9.19. The second kappa shape index (κ2) is 9.48. The zero-order valence-corrected chi connectivity index (χ0v) is 21.9. The average Bonchev–Trinajstić information content (AvgIpc) is 3.25. The zero-order valence-electron chi connectivity index (χ0n) is 21.9. The van der Waals surface area contributed by atoms with Gasteiger partial charge < -0.3 is 20.5 Å². The lowest BCUT2D eigenvalue weighted by molar-refractivity contribution is 0.0377. The van der Waals surface area contributed by atoms with Crippen molar-refractivity contribution < 1.29 is 19.1 Å². The maximum atomic E-state index is 12.6. The van der Waals surface area contributed by atoms with E-state index in [0.717, 1.165) is 36.0 Å². The number of hydrogen-bond acceptors (Lipinski definition) is 6. The van der Waals surface area contributed by atoms with Gasteiger partial charge in [0.05, 0.1) is 18.3 Å². The summed E-state index contributed by atoms with van der Waals surface area (Å²) in [7, 11) is 1.52. The van der Waals surface area contributed by atoms with E-state index in [4.69, 9.17) is 20.2 Å². The van der Waals surface area contributed by atoms with Crippen LogP contribution in [0.2, 0.25) is 0 Å². The summed E-state index contributed by atoms with van der Waals surface area (Å²) >= 11 is 0. The SMILES string of the molecule is COc1cc(C(N)=O)nn2c(-c3ccccc3)c(-c3ccc(C4(NC(=O)OC(C)(C)C)CCC4)cc3)nc12. The summed E-state index contributed by atoms with van der Waals surface area (Å²) in [6.07, 6.45) is 2.28. The molecule has 3 N–H and O–H groups in total. The molecule has 2 amide bonds. The fraction of sp³-hybridized carbons (Fsp3) is 0.310. The Labute approximate surface area is 221 Å². The van der Waals surface area contributed by atoms with E-state index in [2.05, 4.69) is 10.4 Å². The molecule has 5 rings (SSSR count). The van der Waals surface area contributed by atoms with Crippen molar-refractivity contribution in [2.24, 2.45) is 5.73 Å². The van der Waals surface area contributed by atoms with E-state index in [1.54, 1.807) is 4.52 Å². The maximum absolute atomic E-state index is 12.6. The minimum absolute atomic E-state index is 0.0750. The minimum Gasteiger partial charge on any atom is -0.493 e. The number of aromatic nitrogens is 3. The van der Waals surface area contributed by atoms with Gasteiger partial charge in [-0.1, -0.05) is 54.6 Å². The van der Waals surface area contributed by atoms with E-state index in [0.29, 0.717) is 22.8 Å². The summed E-state index contributed by atoms with van der Waals surface area (Å²) in [5, 5.41) is 7.59. The summed E-state index contributed by atoms with van der Waals surface area (Å²) in [6, 6.07) is 19.2. The summed E-state index contributed by atoms with van der Waals surface area (Å²) in [4.78, 5) is 29.4. The van der Waals surface area contributed by atoms with Crippen molar-refractivity contribution in [2.45, 2.75) is 51.2 Å². The highest BCUT2D eigenvalue weighted by Gasteiger charge is 2.41. The zero-order chi connectivity index (χ0) is 27.1. The number of primary amides is 1. The molecule has 0 saturated heterocycles. The van der Waals surface area contributed by atoms with Crippen LogP contribution in [0.25, 0.3) is 28.2 Å². The van der Waals surface area contributed by atoms with Crippen molar-refractivity contribution >= 4 is 17.6 Å². The highest BCUT2D eigenvalue weighted by atomic mass is 16.6. The fourth-order valence-corrected chi connectivity index (χ4v) is 4.78. The molecular formula is C29H31N5O4. The molecule has 1 fully saturated rings. The van der Waals surface area contributed by atoms with Gasteiger partial charge in [0, 0.05) is 17.2 Å². The van der Waals surface area contributed by atoms with Crippen LogP contribution in [0, 0.1) is 0 Å². The summed E-state index contributed by atoms with van der Waals surface area (Å²) in [6.45, 7) is 5.55. The maximum Gasteiger partial charge on any atom is 0.408 e. The normalized spacial score (nSPS) is 14.5. The van der Waals surface area contributed by atoms with Gasteiger partial charge in [-0.05, 0) is 45.6 Å². The van der Waals surface area contributed by atoms with E-state index in [1.165, 1.54) is 13.2 Å². The van der Waals surface area contributed by atoms with Gasteiger partial charge >= 0.3 is 6.09 Å². The van der Waals surface area contributed by atoms with Gasteiger partial charge in [-0.3, -0.25) is 4.79 Å². The number of nitrogens with zero attached hydrogens (tertiary/aromatic N) is 3. The standard InChI is InChI=1S/C29H31N5O4/c1-28(2,3)38-27(36)32-29(15-8-16-29)20-13-11-18(12-14-20)23-24(19-9-6-5-7-10-19)34-26(31-23)22(37-4)17-21(33-34)25(30)35/h5-7,9-14,17H,8,15-16H2,1-4H3,(H2,30,35)(H,32,36). The number of benzene rings is 2. The van der Waals surface area contributed by atoms with Crippen molar-refractivity contribution in [2.75, 3.05) is 7.11 Å². The molecular weight excluding hydrogens is 482 g/mol. The minimum atomic E-state index is -0.660. The first-order chi connectivity index (χ1) is 18.1. The molecule has 1 saturated carbocycles. The van der Waals surface area contributed by atoms with Crippen molar-refractivity contribution in [3.8, 4) is 28.3 Å². The van der Waals surface area contributed by atoms with Gasteiger partial charge in [-0.2, -0.15) is 5.10 Å². The number of methoxy groups -OCH3 is 1. The molecule has 2 aromatic carbocycles. The van der Waals surface area contributed by atoms with Crippen LogP contribution in [0.1, 0.15) is 56.1 Å². The molecule has 1 aliphatic carbocycles. The molecule has 0 unspecified atom stereocenters. The predicted molar refractivity (Wildman–Crippen MR) is 144 cm³/mol. The third kappa shape index (κ3) is 4.67. The van der Waals surface area contributed by atoms with E-state index < -0.39 is 23.1 Å². The Kier molecular flexibility index (Phi) is 6.30. The topological polar surface area (TPSA) is 121 Å². The monoisotopic (exact) mass is 513 g/mol. The molecule has 9 nitrogen and oxygen atoms in total. The number of amides is 2. The van der Waals surface area contributed by atoms with Gasteiger partial charge in [0.15, 0.2) is 17.1 Å². The number of imidazole rings is 1. The first-order valence-electron chi connectivity index (χ1n) is 12.6. The Balaban J connectivity index is 1.59. The van der Waals surface area contributed by atoms with Gasteiger partial charge in [-0.25, -0.2) is 14.3 Å². The van der Waals surface area contributed by atoms with Crippen LogP contribution in [0.15, 0.2) is 60.7 Å². The number of rotatable bonds is 6. The number of fused-ring (bicyclic) bond motifs is 1. The number of carbonyl (C=O) groups is 2. The number of nitrogens with one attached hydrogen (secondary N) is 1. The molecule has 0 spiro atoms. The lowest BCUT2D eigenvalue weighted by Crippen LogP contribution is -2.52. The smallest absolute Gasteiger partial charge is 0.408 e. The quantitative estimate of drug-likeness (QED) is 0.371. The van der Waals surface area contributed by atoms with Crippen molar-refractivity contribution in [3.63, 3.8) is 0 Å². The van der Waals surface area contributed by atoms with Crippen LogP contribution in [0.5, 0.6) is 5.75 Å². The molecule has 0 bridgehead atoms. The van der Waals surface area contributed by atoms with Crippen molar-refractivity contribution in [3.05, 3.63) is 71.9 Å². The highest BCUT2D eigenvalue weighted by Crippen LogP contribution is 2.43. The Morgan fingerprint density at radius 3 is 2.26 bits per heavy atom. The molecule has 4 aromatic rings. The van der Waals surface area contributed by atoms with Crippen LogP contribution in [-0.2, 0) is 10.3 Å². The lowest BCUT2D eigenvalue weighted by atomic mass is 9.71. The van der Waals surface area contributed by atoms with E-state index in [-0.39, 0.29) is 5.69 Å². The summed E-state index contributed by atoms with van der Waals surface area (Å²) in [5.74, 6) is -0.268.